The molecule has 0 radical (unpaired) electrons. The van der Waals surface area contributed by atoms with Gasteiger partial charge in [0.25, 0.3) is 0 Å². The Hall–Kier alpha value is 0.0795. The molecule has 0 spiro atoms. The maximum absolute atomic E-state index is 7.27. The summed E-state index contributed by atoms with van der Waals surface area (Å²) >= 11 is 0. The summed E-state index contributed by atoms with van der Waals surface area (Å²) < 4.78 is 0. The van der Waals surface area contributed by atoms with E-state index in [-0.39, 0.29) is 17.1 Å². The van der Waals surface area contributed by atoms with Crippen molar-refractivity contribution in [3.05, 3.63) is 6.42 Å². The summed E-state index contributed by atoms with van der Waals surface area (Å²) in [5, 5.41) is 0. The molecule has 0 N–H and O–H groups in total. The molecule has 0 nitrogen and oxygen atoms in total. The standard InChI is InChI=1S/C10H7.Cu/c1-2-10-7-4-3-5(7)9(10)6(3)8(4)10;/h3-9H;/q-1;+1. The second kappa shape index (κ2) is 1.05. The van der Waals surface area contributed by atoms with Crippen LogP contribution in [-0.2, 0) is 17.1 Å². The Balaban J connectivity index is 0.000000392. The van der Waals surface area contributed by atoms with E-state index in [1.54, 1.807) is 0 Å². The van der Waals surface area contributed by atoms with Gasteiger partial charge in [0.15, 0.2) is 0 Å². The van der Waals surface area contributed by atoms with Crippen LogP contribution in [0.25, 0.3) is 0 Å². The fourth-order valence-corrected chi connectivity index (χ4v) is 5.68. The van der Waals surface area contributed by atoms with E-state index in [0.717, 1.165) is 35.5 Å². The van der Waals surface area contributed by atoms with Crippen molar-refractivity contribution in [1.82, 2.24) is 0 Å². The minimum absolute atomic E-state index is 0. The van der Waals surface area contributed by atoms with E-state index >= 15 is 0 Å². The van der Waals surface area contributed by atoms with Crippen LogP contribution < -0.4 is 0 Å². The predicted octanol–water partition coefficient (Wildman–Crippen LogP) is 0.941. The van der Waals surface area contributed by atoms with Gasteiger partial charge >= 0.3 is 17.1 Å². The van der Waals surface area contributed by atoms with Gasteiger partial charge in [-0.1, -0.05) is 0 Å². The zero-order chi connectivity index (χ0) is 6.25. The molecule has 6 saturated carbocycles. The summed E-state index contributed by atoms with van der Waals surface area (Å²) in [5.74, 6) is 10.4. The summed E-state index contributed by atoms with van der Waals surface area (Å²) in [7, 11) is 0. The summed E-state index contributed by atoms with van der Waals surface area (Å²) in [6.07, 6.45) is 7.27. The molecule has 6 aliphatic carbocycles. The third-order valence-electron chi connectivity index (χ3n) is 5.69. The molecule has 0 aromatic heterocycles. The van der Waals surface area contributed by atoms with Crippen molar-refractivity contribution in [2.24, 2.45) is 46.8 Å². The van der Waals surface area contributed by atoms with Gasteiger partial charge in [0.1, 0.15) is 0 Å². The van der Waals surface area contributed by atoms with Crippen LogP contribution in [0.2, 0.25) is 0 Å². The smallest absolute Gasteiger partial charge is 0.693 e. The Morgan fingerprint density at radius 3 is 1.64 bits per heavy atom. The van der Waals surface area contributed by atoms with Gasteiger partial charge in [0.05, 0.1) is 0 Å². The van der Waals surface area contributed by atoms with Gasteiger partial charge in [0, 0.05) is 5.41 Å². The molecule has 6 rings (SSSR count). The zero-order valence-corrected chi connectivity index (χ0v) is 6.78. The van der Waals surface area contributed by atoms with E-state index in [9.17, 15) is 0 Å². The van der Waals surface area contributed by atoms with Crippen LogP contribution in [0, 0.1) is 59.2 Å². The van der Waals surface area contributed by atoms with E-state index in [1.807, 2.05) is 0 Å². The summed E-state index contributed by atoms with van der Waals surface area (Å²) in [4.78, 5) is 0. The fourth-order valence-electron chi connectivity index (χ4n) is 5.68. The van der Waals surface area contributed by atoms with Crippen LogP contribution in [0.5, 0.6) is 0 Å². The number of rotatable bonds is 0. The Morgan fingerprint density at radius 2 is 1.36 bits per heavy atom. The van der Waals surface area contributed by atoms with E-state index in [1.165, 1.54) is 5.92 Å². The molecule has 0 amide bonds. The first kappa shape index (κ1) is 5.68. The normalized spacial score (nSPS) is 86.6. The first-order valence-corrected chi connectivity index (χ1v) is 4.37. The molecule has 0 atom stereocenters. The van der Waals surface area contributed by atoms with E-state index in [4.69, 9.17) is 6.42 Å². The van der Waals surface area contributed by atoms with Gasteiger partial charge in [-0.3, -0.25) is 0 Å². The molecule has 0 aromatic rings. The maximum Gasteiger partial charge on any atom is 1.00 e. The molecule has 0 saturated heterocycles. The third kappa shape index (κ3) is 0.202. The van der Waals surface area contributed by atoms with Crippen LogP contribution in [0.4, 0.5) is 0 Å². The van der Waals surface area contributed by atoms with Crippen molar-refractivity contribution in [3.8, 4) is 5.92 Å². The molecule has 0 heterocycles. The fraction of sp³-hybridized carbons (Fsp3) is 0.800. The van der Waals surface area contributed by atoms with Gasteiger partial charge in [-0.05, 0) is 41.4 Å². The minimum Gasteiger partial charge on any atom is -0.693 e. The van der Waals surface area contributed by atoms with Crippen molar-refractivity contribution >= 4 is 0 Å². The Morgan fingerprint density at radius 1 is 0.909 bits per heavy atom. The van der Waals surface area contributed by atoms with Crippen LogP contribution in [0.3, 0.4) is 0 Å². The second-order valence-corrected chi connectivity index (χ2v) is 4.94. The molecule has 0 aromatic carbocycles. The van der Waals surface area contributed by atoms with Crippen LogP contribution in [0.1, 0.15) is 0 Å². The molecule has 0 bridgehead atoms. The molecule has 11 heavy (non-hydrogen) atoms. The summed E-state index contributed by atoms with van der Waals surface area (Å²) in [6.45, 7) is 0. The van der Waals surface area contributed by atoms with E-state index in [0.29, 0.717) is 5.41 Å². The minimum atomic E-state index is 0. The first-order chi connectivity index (χ1) is 4.93. The van der Waals surface area contributed by atoms with Gasteiger partial charge in [0.2, 0.25) is 0 Å². The average molecular weight is 191 g/mol. The molecular weight excluding hydrogens is 184 g/mol. The Labute approximate surface area is 76.6 Å². The Bertz CT molecular complexity index is 273. The molecule has 1 heteroatoms. The SMILES string of the molecule is [C-]#CC12C3C4C5C3C1C5C42.[Cu+]. The summed E-state index contributed by atoms with van der Waals surface area (Å²) in [5.41, 5.74) is 0.425. The van der Waals surface area contributed by atoms with E-state index in [2.05, 4.69) is 5.92 Å². The van der Waals surface area contributed by atoms with Crippen LogP contribution in [-0.4, -0.2) is 0 Å². The van der Waals surface area contributed by atoms with Crippen molar-refractivity contribution in [2.75, 3.05) is 0 Å². The maximum atomic E-state index is 7.27. The number of hydrogen-bond acceptors (Lipinski definition) is 0. The quantitative estimate of drug-likeness (QED) is 0.303. The van der Waals surface area contributed by atoms with Crippen molar-refractivity contribution in [2.45, 2.75) is 0 Å². The first-order valence-electron chi connectivity index (χ1n) is 4.37. The average Bonchev–Trinajstić information content (AvgIpc) is 2.05. The molecule has 0 unspecified atom stereocenters. The predicted molar refractivity (Wildman–Crippen MR) is 34.0 cm³/mol. The molecular formula is C10H7Cu. The monoisotopic (exact) mass is 190 g/mol. The van der Waals surface area contributed by atoms with Gasteiger partial charge in [-0.15, -0.1) is 0 Å². The van der Waals surface area contributed by atoms with Crippen molar-refractivity contribution in [3.63, 3.8) is 0 Å². The second-order valence-electron chi connectivity index (χ2n) is 4.94. The summed E-state index contributed by atoms with van der Waals surface area (Å²) in [6, 6.07) is 0. The zero-order valence-electron chi connectivity index (χ0n) is 5.84. The molecule has 0 aliphatic heterocycles. The van der Waals surface area contributed by atoms with Gasteiger partial charge < -0.3 is 12.3 Å². The number of hydrogen-bond donors (Lipinski definition) is 0. The van der Waals surface area contributed by atoms with Gasteiger partial charge in [-0.25, -0.2) is 0 Å². The topological polar surface area (TPSA) is 0 Å². The van der Waals surface area contributed by atoms with Crippen LogP contribution in [0.15, 0.2) is 0 Å². The van der Waals surface area contributed by atoms with Gasteiger partial charge in [-0.2, -0.15) is 0 Å². The largest absolute Gasteiger partial charge is 1.00 e. The molecule has 6 fully saturated rings. The Kier molecular flexibility index (Phi) is 0.544. The molecule has 6 aliphatic rings. The van der Waals surface area contributed by atoms with Crippen molar-refractivity contribution in [1.29, 1.82) is 0 Å². The third-order valence-corrected chi connectivity index (χ3v) is 5.69. The molecule has 58 valence electrons. The van der Waals surface area contributed by atoms with Crippen LogP contribution >= 0.6 is 0 Å². The van der Waals surface area contributed by atoms with E-state index < -0.39 is 0 Å². The van der Waals surface area contributed by atoms with Crippen molar-refractivity contribution < 1.29 is 17.1 Å².